The summed E-state index contributed by atoms with van der Waals surface area (Å²) >= 11 is 0. The lowest BCUT2D eigenvalue weighted by Crippen LogP contribution is -2.23. The number of hydrogen-bond donors (Lipinski definition) is 2. The first-order valence-corrected chi connectivity index (χ1v) is 7.92. The van der Waals surface area contributed by atoms with Crippen LogP contribution in [-0.2, 0) is 12.8 Å². The number of aromatic nitrogens is 1. The minimum absolute atomic E-state index is 0.130. The minimum atomic E-state index is -0.130. The van der Waals surface area contributed by atoms with E-state index in [1.165, 1.54) is 11.1 Å². The van der Waals surface area contributed by atoms with Gasteiger partial charge in [0, 0.05) is 24.0 Å². The summed E-state index contributed by atoms with van der Waals surface area (Å²) in [7, 11) is 0. The Balaban J connectivity index is 2.27. The molecule has 2 rings (SSSR count). The first-order valence-electron chi connectivity index (χ1n) is 7.92. The van der Waals surface area contributed by atoms with Gasteiger partial charge < -0.3 is 10.6 Å². The quantitative estimate of drug-likeness (QED) is 0.763. The van der Waals surface area contributed by atoms with E-state index in [0.29, 0.717) is 17.9 Å². The van der Waals surface area contributed by atoms with Crippen molar-refractivity contribution in [3.05, 3.63) is 65.9 Å². The third kappa shape index (κ3) is 4.19. The van der Waals surface area contributed by atoms with Crippen molar-refractivity contribution in [3.8, 4) is 0 Å². The Labute approximate surface area is 137 Å². The topological polar surface area (TPSA) is 54.0 Å². The predicted molar refractivity (Wildman–Crippen MR) is 95.2 cm³/mol. The Morgan fingerprint density at radius 2 is 1.91 bits per heavy atom. The second-order valence-corrected chi connectivity index (χ2v) is 5.21. The summed E-state index contributed by atoms with van der Waals surface area (Å²) in [5, 5.41) is 6.16. The van der Waals surface area contributed by atoms with E-state index in [0.717, 1.165) is 18.5 Å². The average Bonchev–Trinajstić information content (AvgIpc) is 2.60. The maximum Gasteiger partial charge on any atom is 0.251 e. The molecule has 0 aliphatic carbocycles. The Bertz CT molecular complexity index is 673. The number of hydrogen-bond acceptors (Lipinski definition) is 3. The van der Waals surface area contributed by atoms with Crippen LogP contribution >= 0.6 is 0 Å². The molecule has 1 aromatic carbocycles. The first kappa shape index (κ1) is 16.7. The van der Waals surface area contributed by atoms with Gasteiger partial charge in [0.1, 0.15) is 5.82 Å². The molecule has 0 aliphatic heterocycles. The van der Waals surface area contributed by atoms with Crippen LogP contribution in [0, 0.1) is 0 Å². The monoisotopic (exact) mass is 309 g/mol. The lowest BCUT2D eigenvalue weighted by molar-refractivity contribution is 0.0958. The summed E-state index contributed by atoms with van der Waals surface area (Å²) in [6.45, 7) is 8.31. The highest BCUT2D eigenvalue weighted by Gasteiger charge is 2.09. The summed E-state index contributed by atoms with van der Waals surface area (Å²) in [6.07, 6.45) is 5.18. The highest BCUT2D eigenvalue weighted by Crippen LogP contribution is 2.26. The van der Waals surface area contributed by atoms with Crippen molar-refractivity contribution in [2.45, 2.75) is 26.7 Å². The Hall–Kier alpha value is -2.62. The van der Waals surface area contributed by atoms with Crippen molar-refractivity contribution < 1.29 is 4.79 Å². The SMILES string of the molecule is C=CCNC(=O)c1ccnc(Nc2c(CC)cccc2CC)c1. The zero-order valence-corrected chi connectivity index (χ0v) is 13.7. The van der Waals surface area contributed by atoms with Crippen LogP contribution in [0.1, 0.15) is 35.3 Å². The number of nitrogens with zero attached hydrogens (tertiary/aromatic N) is 1. The maximum atomic E-state index is 12.0. The van der Waals surface area contributed by atoms with Gasteiger partial charge in [0.25, 0.3) is 5.91 Å². The maximum absolute atomic E-state index is 12.0. The minimum Gasteiger partial charge on any atom is -0.349 e. The Morgan fingerprint density at radius 1 is 1.22 bits per heavy atom. The molecule has 1 amide bonds. The molecule has 0 fully saturated rings. The van der Waals surface area contributed by atoms with E-state index in [1.807, 2.05) is 0 Å². The number of carbonyl (C=O) groups excluding carboxylic acids is 1. The van der Waals surface area contributed by atoms with Gasteiger partial charge in [-0.3, -0.25) is 4.79 Å². The fraction of sp³-hybridized carbons (Fsp3) is 0.263. The molecule has 0 spiro atoms. The van der Waals surface area contributed by atoms with Crippen LogP contribution in [0.2, 0.25) is 0 Å². The smallest absolute Gasteiger partial charge is 0.251 e. The van der Waals surface area contributed by atoms with Gasteiger partial charge >= 0.3 is 0 Å². The number of amides is 1. The van der Waals surface area contributed by atoms with Gasteiger partial charge in [-0.2, -0.15) is 0 Å². The van der Waals surface area contributed by atoms with Crippen LogP contribution in [0.3, 0.4) is 0 Å². The molecule has 0 saturated heterocycles. The molecule has 120 valence electrons. The van der Waals surface area contributed by atoms with Crippen molar-refractivity contribution in [2.75, 3.05) is 11.9 Å². The van der Waals surface area contributed by atoms with E-state index in [2.05, 4.69) is 54.2 Å². The number of para-hydroxylation sites is 1. The zero-order valence-electron chi connectivity index (χ0n) is 13.7. The third-order valence-corrected chi connectivity index (χ3v) is 3.68. The number of pyridine rings is 1. The molecule has 2 aromatic rings. The number of nitrogens with one attached hydrogen (secondary N) is 2. The molecule has 4 heteroatoms. The van der Waals surface area contributed by atoms with E-state index in [9.17, 15) is 4.79 Å². The standard InChI is InChI=1S/C19H23N3O/c1-4-11-21-19(23)16-10-12-20-17(13-16)22-18-14(5-2)8-7-9-15(18)6-3/h4,7-10,12-13H,1,5-6,11H2,2-3H3,(H,20,22)(H,21,23). The van der Waals surface area contributed by atoms with Gasteiger partial charge in [0.15, 0.2) is 0 Å². The number of benzene rings is 1. The molecule has 0 bridgehead atoms. The highest BCUT2D eigenvalue weighted by molar-refractivity contribution is 5.95. The van der Waals surface area contributed by atoms with E-state index < -0.39 is 0 Å². The molecule has 0 unspecified atom stereocenters. The summed E-state index contributed by atoms with van der Waals surface area (Å²) in [6, 6.07) is 9.78. The second kappa shape index (κ2) is 8.13. The summed E-state index contributed by atoms with van der Waals surface area (Å²) in [5.74, 6) is 0.543. The fourth-order valence-electron chi connectivity index (χ4n) is 2.44. The molecule has 1 aromatic heterocycles. The lowest BCUT2D eigenvalue weighted by atomic mass is 10.0. The van der Waals surface area contributed by atoms with Crippen molar-refractivity contribution in [1.29, 1.82) is 0 Å². The van der Waals surface area contributed by atoms with Crippen molar-refractivity contribution >= 4 is 17.4 Å². The largest absolute Gasteiger partial charge is 0.349 e. The van der Waals surface area contributed by atoms with Crippen molar-refractivity contribution in [1.82, 2.24) is 10.3 Å². The second-order valence-electron chi connectivity index (χ2n) is 5.21. The molecule has 4 nitrogen and oxygen atoms in total. The number of rotatable bonds is 7. The van der Waals surface area contributed by atoms with Gasteiger partial charge in [-0.05, 0) is 36.1 Å². The molecular weight excluding hydrogens is 286 g/mol. The normalized spacial score (nSPS) is 10.2. The van der Waals surface area contributed by atoms with E-state index >= 15 is 0 Å². The Morgan fingerprint density at radius 3 is 2.52 bits per heavy atom. The fourth-order valence-corrected chi connectivity index (χ4v) is 2.44. The van der Waals surface area contributed by atoms with Gasteiger partial charge in [0.05, 0.1) is 0 Å². The molecule has 23 heavy (non-hydrogen) atoms. The van der Waals surface area contributed by atoms with Crippen molar-refractivity contribution in [3.63, 3.8) is 0 Å². The van der Waals surface area contributed by atoms with Crippen molar-refractivity contribution in [2.24, 2.45) is 0 Å². The molecule has 2 N–H and O–H groups in total. The number of aryl methyl sites for hydroxylation is 2. The molecule has 0 atom stereocenters. The predicted octanol–water partition coefficient (Wildman–Crippen LogP) is 3.87. The molecular formula is C19H23N3O. The molecule has 0 saturated carbocycles. The van der Waals surface area contributed by atoms with Crippen LogP contribution in [-0.4, -0.2) is 17.4 Å². The number of anilines is 2. The highest BCUT2D eigenvalue weighted by atomic mass is 16.1. The molecule has 0 radical (unpaired) electrons. The van der Waals surface area contributed by atoms with Gasteiger partial charge in [-0.15, -0.1) is 6.58 Å². The van der Waals surface area contributed by atoms with E-state index in [4.69, 9.17) is 0 Å². The summed E-state index contributed by atoms with van der Waals surface area (Å²) in [4.78, 5) is 16.4. The van der Waals surface area contributed by atoms with Crippen LogP contribution in [0.25, 0.3) is 0 Å². The summed E-state index contributed by atoms with van der Waals surface area (Å²) in [5.41, 5.74) is 4.16. The van der Waals surface area contributed by atoms with Crippen LogP contribution in [0.15, 0.2) is 49.2 Å². The summed E-state index contributed by atoms with van der Waals surface area (Å²) < 4.78 is 0. The molecule has 0 aliphatic rings. The number of carbonyl (C=O) groups is 1. The van der Waals surface area contributed by atoms with Gasteiger partial charge in [0.2, 0.25) is 0 Å². The average molecular weight is 309 g/mol. The zero-order chi connectivity index (χ0) is 16.7. The van der Waals surface area contributed by atoms with Crippen LogP contribution in [0.5, 0.6) is 0 Å². The van der Waals surface area contributed by atoms with E-state index in [-0.39, 0.29) is 5.91 Å². The third-order valence-electron chi connectivity index (χ3n) is 3.68. The lowest BCUT2D eigenvalue weighted by Gasteiger charge is -2.15. The van der Waals surface area contributed by atoms with Gasteiger partial charge in [-0.25, -0.2) is 4.98 Å². The first-order chi connectivity index (χ1) is 11.2. The van der Waals surface area contributed by atoms with Crippen LogP contribution in [0.4, 0.5) is 11.5 Å². The van der Waals surface area contributed by atoms with Crippen LogP contribution < -0.4 is 10.6 Å². The Kier molecular flexibility index (Phi) is 5.92. The molecule has 1 heterocycles. The van der Waals surface area contributed by atoms with Gasteiger partial charge in [-0.1, -0.05) is 38.1 Å². The van der Waals surface area contributed by atoms with E-state index in [1.54, 1.807) is 24.4 Å².